The fourth-order valence-corrected chi connectivity index (χ4v) is 1.54. The lowest BCUT2D eigenvalue weighted by Crippen LogP contribution is -1.91. The van der Waals surface area contributed by atoms with Gasteiger partial charge in [-0.25, -0.2) is 4.98 Å². The van der Waals surface area contributed by atoms with Crippen molar-refractivity contribution in [2.45, 2.75) is 6.92 Å². The highest BCUT2D eigenvalue weighted by Gasteiger charge is 2.01. The molecular weight excluding hydrogens is 230 g/mol. The third-order valence-corrected chi connectivity index (χ3v) is 2.41. The number of imidazole rings is 1. The Morgan fingerprint density at radius 2 is 2.31 bits per heavy atom. The van der Waals surface area contributed by atoms with Gasteiger partial charge in [0.2, 0.25) is 0 Å². The highest BCUT2D eigenvalue weighted by molar-refractivity contribution is 9.10. The van der Waals surface area contributed by atoms with Crippen LogP contribution in [0.25, 0.3) is 5.69 Å². The van der Waals surface area contributed by atoms with E-state index in [-0.39, 0.29) is 0 Å². The number of hydrogen-bond acceptors (Lipinski definition) is 2. The van der Waals surface area contributed by atoms with Crippen LogP contribution < -0.4 is 0 Å². The van der Waals surface area contributed by atoms with E-state index in [2.05, 4.69) is 25.9 Å². The maximum absolute atomic E-state index is 4.15. The molecule has 2 rings (SSSR count). The van der Waals surface area contributed by atoms with Crippen molar-refractivity contribution in [2.75, 3.05) is 0 Å². The molecular formula is C9H8BrN3. The van der Waals surface area contributed by atoms with E-state index in [1.54, 1.807) is 18.7 Å². The Labute approximate surface area is 84.6 Å². The van der Waals surface area contributed by atoms with Crippen LogP contribution in [-0.2, 0) is 0 Å². The van der Waals surface area contributed by atoms with E-state index in [1.807, 2.05) is 23.8 Å². The summed E-state index contributed by atoms with van der Waals surface area (Å²) in [6.45, 7) is 1.96. The Kier molecular flexibility index (Phi) is 2.14. The highest BCUT2D eigenvalue weighted by atomic mass is 79.9. The molecule has 13 heavy (non-hydrogen) atoms. The molecule has 0 atom stereocenters. The van der Waals surface area contributed by atoms with E-state index in [0.717, 1.165) is 15.9 Å². The van der Waals surface area contributed by atoms with Gasteiger partial charge in [-0.3, -0.25) is 4.98 Å². The Bertz CT molecular complexity index is 422. The van der Waals surface area contributed by atoms with E-state index in [0.29, 0.717) is 0 Å². The molecule has 0 spiro atoms. The summed E-state index contributed by atoms with van der Waals surface area (Å²) in [5.41, 5.74) is 2.00. The fourth-order valence-electron chi connectivity index (χ4n) is 1.11. The molecule has 0 saturated carbocycles. The second-order valence-corrected chi connectivity index (χ2v) is 3.60. The molecule has 0 amide bonds. The first-order chi connectivity index (χ1) is 6.27. The van der Waals surface area contributed by atoms with Gasteiger partial charge in [0, 0.05) is 16.9 Å². The summed E-state index contributed by atoms with van der Waals surface area (Å²) in [7, 11) is 0. The van der Waals surface area contributed by atoms with Gasteiger partial charge < -0.3 is 4.57 Å². The molecule has 4 heteroatoms. The molecule has 0 aliphatic heterocycles. The van der Waals surface area contributed by atoms with E-state index in [9.17, 15) is 0 Å². The van der Waals surface area contributed by atoms with Crippen LogP contribution in [0, 0.1) is 6.92 Å². The van der Waals surface area contributed by atoms with Crippen LogP contribution >= 0.6 is 15.9 Å². The lowest BCUT2D eigenvalue weighted by Gasteiger charge is -2.02. The van der Waals surface area contributed by atoms with Gasteiger partial charge in [-0.15, -0.1) is 0 Å². The van der Waals surface area contributed by atoms with Gasteiger partial charge in [-0.05, 0) is 28.9 Å². The van der Waals surface area contributed by atoms with Crippen molar-refractivity contribution in [2.24, 2.45) is 0 Å². The molecule has 3 nitrogen and oxygen atoms in total. The molecule has 2 heterocycles. The zero-order chi connectivity index (χ0) is 9.26. The van der Waals surface area contributed by atoms with Crippen LogP contribution in [0.3, 0.4) is 0 Å². The zero-order valence-corrected chi connectivity index (χ0v) is 8.69. The van der Waals surface area contributed by atoms with Gasteiger partial charge in [0.25, 0.3) is 0 Å². The van der Waals surface area contributed by atoms with Gasteiger partial charge in [0.1, 0.15) is 0 Å². The average molecular weight is 238 g/mol. The van der Waals surface area contributed by atoms with E-state index in [1.165, 1.54) is 0 Å². The van der Waals surface area contributed by atoms with Gasteiger partial charge in [0.05, 0.1) is 23.9 Å². The van der Waals surface area contributed by atoms with Crippen LogP contribution in [0.1, 0.15) is 5.69 Å². The first kappa shape index (κ1) is 8.44. The van der Waals surface area contributed by atoms with Crippen molar-refractivity contribution >= 4 is 15.9 Å². The number of rotatable bonds is 1. The molecule has 66 valence electrons. The number of aryl methyl sites for hydroxylation is 1. The summed E-state index contributed by atoms with van der Waals surface area (Å²) in [5, 5.41) is 0. The van der Waals surface area contributed by atoms with Gasteiger partial charge in [-0.1, -0.05) is 0 Å². The molecule has 0 bridgehead atoms. The average Bonchev–Trinajstić information content (AvgIpc) is 2.53. The monoisotopic (exact) mass is 237 g/mol. The number of aromatic nitrogens is 3. The molecule has 0 aromatic carbocycles. The third kappa shape index (κ3) is 1.62. The lowest BCUT2D eigenvalue weighted by molar-refractivity contribution is 1.03. The molecule has 0 fully saturated rings. The first-order valence-corrected chi connectivity index (χ1v) is 4.67. The highest BCUT2D eigenvalue weighted by Crippen LogP contribution is 2.18. The van der Waals surface area contributed by atoms with Gasteiger partial charge >= 0.3 is 0 Å². The third-order valence-electron chi connectivity index (χ3n) is 1.74. The maximum atomic E-state index is 4.15. The van der Waals surface area contributed by atoms with Gasteiger partial charge in [-0.2, -0.15) is 0 Å². The topological polar surface area (TPSA) is 30.7 Å². The Balaban J connectivity index is 2.52. The number of hydrogen-bond donors (Lipinski definition) is 0. The minimum absolute atomic E-state index is 0.996. The standard InChI is InChI=1S/C9H8BrN3/c1-7-5-13(6-12-7)9-4-11-3-2-8(9)10/h2-6H,1H3. The van der Waals surface area contributed by atoms with Crippen LogP contribution in [0.5, 0.6) is 0 Å². The molecule has 0 N–H and O–H groups in total. The molecule has 2 aromatic heterocycles. The largest absolute Gasteiger partial charge is 0.303 e. The minimum Gasteiger partial charge on any atom is -0.303 e. The van der Waals surface area contributed by atoms with Crippen molar-refractivity contribution < 1.29 is 0 Å². The molecule has 0 saturated heterocycles. The normalized spacial score (nSPS) is 10.3. The Hall–Kier alpha value is -1.16. The van der Waals surface area contributed by atoms with E-state index in [4.69, 9.17) is 0 Å². The second kappa shape index (κ2) is 3.30. The molecule has 0 unspecified atom stereocenters. The zero-order valence-electron chi connectivity index (χ0n) is 7.11. The van der Waals surface area contributed by atoms with Crippen molar-refractivity contribution in [1.29, 1.82) is 0 Å². The summed E-state index contributed by atoms with van der Waals surface area (Å²) in [6.07, 6.45) is 7.28. The molecule has 0 aliphatic rings. The summed E-state index contributed by atoms with van der Waals surface area (Å²) in [6, 6.07) is 1.91. The van der Waals surface area contributed by atoms with Crippen LogP contribution in [-0.4, -0.2) is 14.5 Å². The Morgan fingerprint density at radius 1 is 1.46 bits per heavy atom. The number of pyridine rings is 1. The quantitative estimate of drug-likeness (QED) is 0.763. The van der Waals surface area contributed by atoms with Crippen molar-refractivity contribution in [1.82, 2.24) is 14.5 Å². The van der Waals surface area contributed by atoms with Crippen LogP contribution in [0.15, 0.2) is 35.5 Å². The summed E-state index contributed by atoms with van der Waals surface area (Å²) >= 11 is 3.45. The fraction of sp³-hybridized carbons (Fsp3) is 0.111. The van der Waals surface area contributed by atoms with Crippen LogP contribution in [0.4, 0.5) is 0 Å². The van der Waals surface area contributed by atoms with Crippen molar-refractivity contribution in [3.8, 4) is 5.69 Å². The predicted octanol–water partition coefficient (Wildman–Crippen LogP) is 2.34. The first-order valence-electron chi connectivity index (χ1n) is 3.88. The molecule has 2 aromatic rings. The Morgan fingerprint density at radius 3 is 2.92 bits per heavy atom. The van der Waals surface area contributed by atoms with Crippen molar-refractivity contribution in [3.05, 3.63) is 41.2 Å². The molecule has 0 radical (unpaired) electrons. The van der Waals surface area contributed by atoms with Gasteiger partial charge in [0.15, 0.2) is 0 Å². The van der Waals surface area contributed by atoms with E-state index < -0.39 is 0 Å². The summed E-state index contributed by atoms with van der Waals surface area (Å²) in [5.74, 6) is 0. The lowest BCUT2D eigenvalue weighted by atomic mass is 10.4. The van der Waals surface area contributed by atoms with Crippen molar-refractivity contribution in [3.63, 3.8) is 0 Å². The number of nitrogens with zero attached hydrogens (tertiary/aromatic N) is 3. The predicted molar refractivity (Wildman–Crippen MR) is 53.8 cm³/mol. The SMILES string of the molecule is Cc1cn(-c2cnccc2Br)cn1. The maximum Gasteiger partial charge on any atom is 0.0995 e. The second-order valence-electron chi connectivity index (χ2n) is 2.75. The summed E-state index contributed by atoms with van der Waals surface area (Å²) < 4.78 is 2.95. The van der Waals surface area contributed by atoms with Crippen LogP contribution in [0.2, 0.25) is 0 Å². The number of halogens is 1. The van der Waals surface area contributed by atoms with E-state index >= 15 is 0 Å². The molecule has 0 aliphatic carbocycles. The minimum atomic E-state index is 0.996. The summed E-state index contributed by atoms with van der Waals surface area (Å²) in [4.78, 5) is 8.20. The smallest absolute Gasteiger partial charge is 0.0995 e.